The number of aliphatic hydroxyl groups is 3. The second-order valence-electron chi connectivity index (χ2n) is 13.1. The van der Waals surface area contributed by atoms with Crippen molar-refractivity contribution >= 4 is 0 Å². The molecule has 0 heterocycles. The van der Waals surface area contributed by atoms with Crippen molar-refractivity contribution in [2.75, 3.05) is 0 Å². The Hall–Kier alpha value is -1.42. The van der Waals surface area contributed by atoms with E-state index in [1.54, 1.807) is 5.57 Å². The van der Waals surface area contributed by atoms with Crippen LogP contribution in [-0.2, 0) is 0 Å². The molecule has 4 fully saturated rings. The molecule has 7 atom stereocenters. The van der Waals surface area contributed by atoms with E-state index in [4.69, 9.17) is 0 Å². The van der Waals surface area contributed by atoms with Crippen LogP contribution in [0, 0.1) is 28.6 Å². The second kappa shape index (κ2) is 11.8. The Morgan fingerprint density at radius 3 is 2.41 bits per heavy atom. The van der Waals surface area contributed by atoms with E-state index in [9.17, 15) is 15.3 Å². The molecule has 4 aliphatic carbocycles. The summed E-state index contributed by atoms with van der Waals surface area (Å²) in [7, 11) is 0. The van der Waals surface area contributed by atoms with Crippen LogP contribution >= 0.6 is 0 Å². The van der Waals surface area contributed by atoms with Gasteiger partial charge in [-0.3, -0.25) is 0 Å². The predicted molar refractivity (Wildman–Crippen MR) is 154 cm³/mol. The maximum Gasteiger partial charge on any atom is 0.0814 e. The van der Waals surface area contributed by atoms with Crippen molar-refractivity contribution < 1.29 is 15.3 Å². The fourth-order valence-electron chi connectivity index (χ4n) is 8.00. The first-order valence-electron chi connectivity index (χ1n) is 15.1. The van der Waals surface area contributed by atoms with Crippen LogP contribution in [0.15, 0.2) is 59.8 Å². The van der Waals surface area contributed by atoms with Gasteiger partial charge in [0.1, 0.15) is 0 Å². The lowest BCUT2D eigenvalue weighted by Gasteiger charge is -2.44. The maximum atomic E-state index is 11.1. The molecular formula is C34H52O3. The van der Waals surface area contributed by atoms with Crippen LogP contribution in [0.5, 0.6) is 0 Å². The third-order valence-electron chi connectivity index (χ3n) is 10.7. The van der Waals surface area contributed by atoms with Crippen LogP contribution in [0.3, 0.4) is 0 Å². The number of hydrogen-bond acceptors (Lipinski definition) is 3. The summed E-state index contributed by atoms with van der Waals surface area (Å²) in [5, 5.41) is 31.6. The van der Waals surface area contributed by atoms with E-state index in [0.29, 0.717) is 36.2 Å². The standard InChI is InChI=1S/C34H52O3/c1-6-7-8-10-24(3)34(19-20-34)32(37)17-12-23(2)28-15-16-29-27(11-9-18-33(28,29)5)14-13-26-21-30(35)25(4)31(36)22-26/h12-14,17,23,28-32,35-37H,3-4,6-11,15-16,18-22H2,1-2,5H3/b17-12+,27-14+/t23-,28-,29+,30-,31-,32-,33-/m1/s1. The van der Waals surface area contributed by atoms with Crippen molar-refractivity contribution in [1.82, 2.24) is 0 Å². The Bertz CT molecular complexity index is 919. The first kappa shape index (κ1) is 28.6. The smallest absolute Gasteiger partial charge is 0.0814 e. The second-order valence-corrected chi connectivity index (χ2v) is 13.1. The molecule has 0 saturated heterocycles. The molecule has 0 aromatic carbocycles. The van der Waals surface area contributed by atoms with Crippen LogP contribution in [-0.4, -0.2) is 33.6 Å². The summed E-state index contributed by atoms with van der Waals surface area (Å²) in [4.78, 5) is 0. The van der Waals surface area contributed by atoms with Gasteiger partial charge in [0.25, 0.3) is 0 Å². The molecule has 0 unspecified atom stereocenters. The topological polar surface area (TPSA) is 60.7 Å². The van der Waals surface area contributed by atoms with E-state index < -0.39 is 18.3 Å². The van der Waals surface area contributed by atoms with Crippen LogP contribution in [0.2, 0.25) is 0 Å². The molecular weight excluding hydrogens is 456 g/mol. The first-order valence-corrected chi connectivity index (χ1v) is 15.1. The summed E-state index contributed by atoms with van der Waals surface area (Å²) in [6.45, 7) is 15.3. The molecule has 0 spiro atoms. The van der Waals surface area contributed by atoms with Gasteiger partial charge in [-0.25, -0.2) is 0 Å². The first-order chi connectivity index (χ1) is 17.6. The minimum atomic E-state index is -0.632. The normalized spacial score (nSPS) is 36.0. The Labute approximate surface area is 226 Å². The zero-order valence-corrected chi connectivity index (χ0v) is 23.7. The van der Waals surface area contributed by atoms with Crippen molar-refractivity contribution in [3.05, 3.63) is 59.8 Å². The summed E-state index contributed by atoms with van der Waals surface area (Å²) in [5.74, 6) is 1.67. The summed E-state index contributed by atoms with van der Waals surface area (Å²) in [6.07, 6.45) is 21.4. The Balaban J connectivity index is 1.40. The molecule has 0 bridgehead atoms. The molecule has 3 heteroatoms. The average Bonchev–Trinajstić information content (AvgIpc) is 3.60. The molecule has 4 saturated carbocycles. The van der Waals surface area contributed by atoms with Crippen molar-refractivity contribution in [2.45, 2.75) is 123 Å². The summed E-state index contributed by atoms with van der Waals surface area (Å²) >= 11 is 0. The van der Waals surface area contributed by atoms with Gasteiger partial charge in [-0.05, 0) is 99.4 Å². The molecule has 4 aliphatic rings. The lowest BCUT2D eigenvalue weighted by Crippen LogP contribution is -2.35. The van der Waals surface area contributed by atoms with Gasteiger partial charge < -0.3 is 15.3 Å². The summed E-state index contributed by atoms with van der Waals surface area (Å²) in [5.41, 5.74) is 4.71. The highest BCUT2D eigenvalue weighted by Crippen LogP contribution is 2.60. The van der Waals surface area contributed by atoms with E-state index in [1.165, 1.54) is 50.5 Å². The van der Waals surface area contributed by atoms with Gasteiger partial charge in [-0.15, -0.1) is 0 Å². The van der Waals surface area contributed by atoms with Gasteiger partial charge in [-0.2, -0.15) is 0 Å². The number of allylic oxidation sites excluding steroid dienone is 4. The van der Waals surface area contributed by atoms with E-state index in [0.717, 1.165) is 31.3 Å². The summed E-state index contributed by atoms with van der Waals surface area (Å²) in [6, 6.07) is 0. The maximum absolute atomic E-state index is 11.1. The Morgan fingerprint density at radius 2 is 1.76 bits per heavy atom. The van der Waals surface area contributed by atoms with E-state index in [1.807, 2.05) is 0 Å². The number of rotatable bonds is 10. The highest BCUT2D eigenvalue weighted by atomic mass is 16.3. The highest BCUT2D eigenvalue weighted by Gasteiger charge is 2.51. The fraction of sp³-hybridized carbons (Fsp3) is 0.706. The predicted octanol–water partition coefficient (Wildman–Crippen LogP) is 7.60. The Kier molecular flexibility index (Phi) is 9.09. The van der Waals surface area contributed by atoms with E-state index in [2.05, 4.69) is 58.2 Å². The number of fused-ring (bicyclic) bond motifs is 1. The number of aliphatic hydroxyl groups excluding tert-OH is 3. The zero-order chi connectivity index (χ0) is 26.8. The van der Waals surface area contributed by atoms with Crippen molar-refractivity contribution in [1.29, 1.82) is 0 Å². The molecule has 206 valence electrons. The molecule has 3 nitrogen and oxygen atoms in total. The summed E-state index contributed by atoms with van der Waals surface area (Å²) < 4.78 is 0. The van der Waals surface area contributed by atoms with Crippen molar-refractivity contribution in [2.24, 2.45) is 28.6 Å². The molecule has 0 aliphatic heterocycles. The van der Waals surface area contributed by atoms with Gasteiger partial charge in [0.15, 0.2) is 0 Å². The van der Waals surface area contributed by atoms with Crippen LogP contribution < -0.4 is 0 Å². The van der Waals surface area contributed by atoms with Crippen molar-refractivity contribution in [3.8, 4) is 0 Å². The highest BCUT2D eigenvalue weighted by molar-refractivity contribution is 5.30. The molecule has 37 heavy (non-hydrogen) atoms. The number of unbranched alkanes of at least 4 members (excludes halogenated alkanes) is 2. The third-order valence-corrected chi connectivity index (χ3v) is 10.7. The molecule has 0 aromatic heterocycles. The lowest BCUT2D eigenvalue weighted by molar-refractivity contribution is 0.110. The largest absolute Gasteiger partial charge is 0.388 e. The van der Waals surface area contributed by atoms with Crippen LogP contribution in [0.4, 0.5) is 0 Å². The average molecular weight is 509 g/mol. The lowest BCUT2D eigenvalue weighted by atomic mass is 9.61. The van der Waals surface area contributed by atoms with Gasteiger partial charge in [-0.1, -0.05) is 87.8 Å². The molecule has 4 rings (SSSR count). The van der Waals surface area contributed by atoms with Gasteiger partial charge in [0, 0.05) is 5.41 Å². The van der Waals surface area contributed by atoms with Gasteiger partial charge in [0.05, 0.1) is 18.3 Å². The van der Waals surface area contributed by atoms with E-state index >= 15 is 0 Å². The van der Waals surface area contributed by atoms with Crippen molar-refractivity contribution in [3.63, 3.8) is 0 Å². The SMILES string of the molecule is C=C1[C@H](O)CC(=C/C=C2\CCC[C@]3(C)[C@@H]([C@H](C)/C=C/[C@@H](O)C4(C(=C)CCCCC)CC4)CC[C@@H]23)C[C@H]1O. The van der Waals surface area contributed by atoms with E-state index in [-0.39, 0.29) is 10.8 Å². The minimum absolute atomic E-state index is 0.0625. The van der Waals surface area contributed by atoms with Crippen LogP contribution in [0.25, 0.3) is 0 Å². The van der Waals surface area contributed by atoms with Crippen LogP contribution in [0.1, 0.15) is 104 Å². The number of hydrogen-bond donors (Lipinski definition) is 3. The third kappa shape index (κ3) is 5.94. The monoisotopic (exact) mass is 508 g/mol. The zero-order valence-electron chi connectivity index (χ0n) is 23.7. The minimum Gasteiger partial charge on any atom is -0.388 e. The molecule has 0 radical (unpaired) electrons. The van der Waals surface area contributed by atoms with Gasteiger partial charge >= 0.3 is 0 Å². The Morgan fingerprint density at radius 1 is 1.05 bits per heavy atom. The van der Waals surface area contributed by atoms with Gasteiger partial charge in [0.2, 0.25) is 0 Å². The molecule has 0 amide bonds. The molecule has 3 N–H and O–H groups in total. The fourth-order valence-corrected chi connectivity index (χ4v) is 8.00. The quantitative estimate of drug-likeness (QED) is 0.210. The molecule has 0 aromatic rings.